The molecule has 2 N–H and O–H groups in total. The number of hydrogen-bond acceptors (Lipinski definition) is 6. The Bertz CT molecular complexity index is 589. The van der Waals surface area contributed by atoms with Gasteiger partial charge in [-0.25, -0.2) is 0 Å². The van der Waals surface area contributed by atoms with Crippen LogP contribution in [0.3, 0.4) is 0 Å². The molecule has 2 rings (SSSR count). The monoisotopic (exact) mass is 313 g/mol. The lowest BCUT2D eigenvalue weighted by Crippen LogP contribution is -2.42. The molecule has 116 valence electrons. The molecule has 8 heteroatoms. The molecule has 2 atom stereocenters. The second-order valence-electron chi connectivity index (χ2n) is 5.22. The number of allylic oxidation sites excluding steroid dienone is 1. The molecule has 0 aromatic carbocycles. The summed E-state index contributed by atoms with van der Waals surface area (Å²) in [6.07, 6.45) is 5.13. The second kappa shape index (κ2) is 6.47. The minimum absolute atomic E-state index is 0.0260. The van der Waals surface area contributed by atoms with E-state index in [0.29, 0.717) is 24.8 Å². The Morgan fingerprint density at radius 2 is 2.38 bits per heavy atom. The minimum Gasteiger partial charge on any atom is -0.384 e. The normalized spacial score (nSPS) is 26.4. The average Bonchev–Trinajstić information content (AvgIpc) is 2.46. The highest BCUT2D eigenvalue weighted by Gasteiger charge is 2.33. The summed E-state index contributed by atoms with van der Waals surface area (Å²) in [5.41, 5.74) is 0.581. The maximum Gasteiger partial charge on any atom is 0.291 e. The SMILES string of the molecule is COCC1CCCN(C2=C(C#N)C(S(=O)(=O)O)NC=C2)C1. The molecule has 1 saturated heterocycles. The van der Waals surface area contributed by atoms with Crippen molar-refractivity contribution in [3.05, 3.63) is 23.5 Å². The molecule has 0 aromatic heterocycles. The van der Waals surface area contributed by atoms with Crippen LogP contribution in [0.4, 0.5) is 0 Å². The Hall–Kier alpha value is -1.56. The van der Waals surface area contributed by atoms with E-state index in [-0.39, 0.29) is 5.57 Å². The summed E-state index contributed by atoms with van der Waals surface area (Å²) in [7, 11) is -2.73. The van der Waals surface area contributed by atoms with Crippen molar-refractivity contribution < 1.29 is 17.7 Å². The van der Waals surface area contributed by atoms with E-state index in [1.807, 2.05) is 11.0 Å². The van der Waals surface area contributed by atoms with Gasteiger partial charge >= 0.3 is 0 Å². The molecule has 0 spiro atoms. The smallest absolute Gasteiger partial charge is 0.291 e. The fraction of sp³-hybridized carbons (Fsp3) is 0.615. The van der Waals surface area contributed by atoms with Crippen LogP contribution in [0.1, 0.15) is 12.8 Å². The fourth-order valence-corrected chi connectivity index (χ4v) is 3.53. The van der Waals surface area contributed by atoms with E-state index in [4.69, 9.17) is 4.74 Å². The number of dihydropyridines is 1. The number of methoxy groups -OCH3 is 1. The molecule has 0 bridgehead atoms. The van der Waals surface area contributed by atoms with Crippen molar-refractivity contribution in [3.63, 3.8) is 0 Å². The number of rotatable bonds is 4. The third-order valence-corrected chi connectivity index (χ3v) is 4.67. The van der Waals surface area contributed by atoms with Crippen molar-refractivity contribution in [2.75, 3.05) is 26.8 Å². The quantitative estimate of drug-likeness (QED) is 0.726. The molecule has 7 nitrogen and oxygen atoms in total. The molecule has 21 heavy (non-hydrogen) atoms. The van der Waals surface area contributed by atoms with Gasteiger partial charge in [-0.05, 0) is 31.0 Å². The zero-order valence-corrected chi connectivity index (χ0v) is 12.6. The van der Waals surface area contributed by atoms with Gasteiger partial charge in [0.05, 0.1) is 17.9 Å². The third-order valence-electron chi connectivity index (χ3n) is 3.71. The van der Waals surface area contributed by atoms with Crippen LogP contribution in [0.2, 0.25) is 0 Å². The zero-order chi connectivity index (χ0) is 15.5. The van der Waals surface area contributed by atoms with Crippen molar-refractivity contribution in [3.8, 4) is 6.07 Å². The van der Waals surface area contributed by atoms with Gasteiger partial charge in [0.1, 0.15) is 6.07 Å². The van der Waals surface area contributed by atoms with Crippen molar-refractivity contribution in [1.29, 1.82) is 5.26 Å². The summed E-state index contributed by atoms with van der Waals surface area (Å²) >= 11 is 0. The van der Waals surface area contributed by atoms with E-state index in [9.17, 15) is 18.2 Å². The van der Waals surface area contributed by atoms with Gasteiger partial charge in [-0.2, -0.15) is 13.7 Å². The summed E-state index contributed by atoms with van der Waals surface area (Å²) in [6.45, 7) is 2.09. The van der Waals surface area contributed by atoms with Gasteiger partial charge in [-0.1, -0.05) is 0 Å². The van der Waals surface area contributed by atoms with Gasteiger partial charge < -0.3 is 15.0 Å². The van der Waals surface area contributed by atoms with Gasteiger partial charge in [0.25, 0.3) is 10.1 Å². The Labute approximate surface area is 124 Å². The van der Waals surface area contributed by atoms with Crippen molar-refractivity contribution in [1.82, 2.24) is 10.2 Å². The summed E-state index contributed by atoms with van der Waals surface area (Å²) < 4.78 is 37.2. The first-order valence-electron chi connectivity index (χ1n) is 6.74. The van der Waals surface area contributed by atoms with Crippen molar-refractivity contribution in [2.45, 2.75) is 18.2 Å². The highest BCUT2D eigenvalue weighted by Crippen LogP contribution is 2.26. The molecule has 0 aromatic rings. The summed E-state index contributed by atoms with van der Waals surface area (Å²) in [4.78, 5) is 1.99. The Morgan fingerprint density at radius 3 is 3.00 bits per heavy atom. The van der Waals surface area contributed by atoms with E-state index in [0.717, 1.165) is 19.4 Å². The second-order valence-corrected chi connectivity index (χ2v) is 6.72. The summed E-state index contributed by atoms with van der Waals surface area (Å²) in [6, 6.07) is 1.91. The molecular weight excluding hydrogens is 294 g/mol. The van der Waals surface area contributed by atoms with Crippen LogP contribution in [-0.4, -0.2) is 50.1 Å². The van der Waals surface area contributed by atoms with E-state index in [2.05, 4.69) is 5.32 Å². The third kappa shape index (κ3) is 3.56. The van der Waals surface area contributed by atoms with Crippen LogP contribution in [0.5, 0.6) is 0 Å². The topological polar surface area (TPSA) is 103 Å². The van der Waals surface area contributed by atoms with E-state index in [1.165, 1.54) is 6.20 Å². The van der Waals surface area contributed by atoms with Gasteiger partial charge in [-0.15, -0.1) is 0 Å². The minimum atomic E-state index is -4.38. The molecule has 1 fully saturated rings. The summed E-state index contributed by atoms with van der Waals surface area (Å²) in [5.74, 6) is 0.351. The predicted octanol–water partition coefficient (Wildman–Crippen LogP) is 0.453. The Morgan fingerprint density at radius 1 is 1.62 bits per heavy atom. The molecule has 2 heterocycles. The van der Waals surface area contributed by atoms with E-state index in [1.54, 1.807) is 13.2 Å². The van der Waals surface area contributed by atoms with Gasteiger partial charge in [0.2, 0.25) is 0 Å². The number of nitrogens with zero attached hydrogens (tertiary/aromatic N) is 2. The van der Waals surface area contributed by atoms with Crippen molar-refractivity contribution in [2.24, 2.45) is 5.92 Å². The molecular formula is C13H19N3O4S. The van der Waals surface area contributed by atoms with E-state index < -0.39 is 15.5 Å². The summed E-state index contributed by atoms with van der Waals surface area (Å²) in [5, 5.41) is 10.4. The van der Waals surface area contributed by atoms with Crippen LogP contribution in [0, 0.1) is 17.2 Å². The number of piperidine rings is 1. The molecule has 0 radical (unpaired) electrons. The standard InChI is InChI=1S/C13H19N3O4S/c1-20-9-10-3-2-6-16(8-10)12-4-5-15-13(11(12)7-14)21(17,18)19/h4-5,10,13,15H,2-3,6,8-9H2,1H3,(H,17,18,19). The molecule has 0 saturated carbocycles. The average molecular weight is 313 g/mol. The number of nitrogens with one attached hydrogen (secondary N) is 1. The largest absolute Gasteiger partial charge is 0.384 e. The molecule has 2 aliphatic rings. The van der Waals surface area contributed by atoms with Gasteiger partial charge in [0.15, 0.2) is 5.37 Å². The highest BCUT2D eigenvalue weighted by atomic mass is 32.2. The van der Waals surface area contributed by atoms with Gasteiger partial charge in [0, 0.05) is 20.2 Å². The first-order valence-corrected chi connectivity index (χ1v) is 8.24. The van der Waals surface area contributed by atoms with Crippen LogP contribution in [0.15, 0.2) is 23.5 Å². The first-order chi connectivity index (χ1) is 9.97. The highest BCUT2D eigenvalue weighted by molar-refractivity contribution is 7.86. The molecule has 0 aliphatic carbocycles. The zero-order valence-electron chi connectivity index (χ0n) is 11.8. The lowest BCUT2D eigenvalue weighted by atomic mass is 9.97. The fourth-order valence-electron chi connectivity index (χ4n) is 2.80. The van der Waals surface area contributed by atoms with Crippen LogP contribution < -0.4 is 5.32 Å². The van der Waals surface area contributed by atoms with E-state index >= 15 is 0 Å². The number of hydrogen-bond donors (Lipinski definition) is 2. The van der Waals surface area contributed by atoms with Gasteiger partial charge in [-0.3, -0.25) is 4.55 Å². The maximum absolute atomic E-state index is 11.4. The molecule has 2 aliphatic heterocycles. The first kappa shape index (κ1) is 15.8. The lowest BCUT2D eigenvalue weighted by Gasteiger charge is -2.36. The predicted molar refractivity (Wildman–Crippen MR) is 76.4 cm³/mol. The van der Waals surface area contributed by atoms with Crippen LogP contribution in [-0.2, 0) is 14.9 Å². The van der Waals surface area contributed by atoms with Crippen molar-refractivity contribution >= 4 is 10.1 Å². The lowest BCUT2D eigenvalue weighted by molar-refractivity contribution is 0.105. The number of nitriles is 1. The Balaban J connectivity index is 2.29. The number of ether oxygens (including phenoxy) is 1. The Kier molecular flexibility index (Phi) is 4.88. The number of likely N-dealkylation sites (tertiary alicyclic amines) is 1. The molecule has 0 amide bonds. The van der Waals surface area contributed by atoms with Crippen LogP contribution >= 0.6 is 0 Å². The molecule has 2 unspecified atom stereocenters. The van der Waals surface area contributed by atoms with Crippen LogP contribution in [0.25, 0.3) is 0 Å². The maximum atomic E-state index is 11.4.